The van der Waals surface area contributed by atoms with Crippen LogP contribution >= 0.6 is 0 Å². The maximum atomic E-state index is 12.8. The number of alkyl carbamates (subject to hydrolysis) is 1. The van der Waals surface area contributed by atoms with Crippen LogP contribution in [0.15, 0.2) is 18.2 Å². The van der Waals surface area contributed by atoms with Gasteiger partial charge in [-0.15, -0.1) is 0 Å². The fourth-order valence-corrected chi connectivity index (χ4v) is 3.22. The van der Waals surface area contributed by atoms with Crippen molar-refractivity contribution in [3.63, 3.8) is 0 Å². The molecule has 1 aromatic carbocycles. The lowest BCUT2D eigenvalue weighted by molar-refractivity contribution is 0.0302. The number of nitrogens with zero attached hydrogens (tertiary/aromatic N) is 2. The number of hydrogen-bond acceptors (Lipinski definition) is 7. The Labute approximate surface area is 177 Å². The predicted octanol–water partition coefficient (Wildman–Crippen LogP) is 1.85. The van der Waals surface area contributed by atoms with Crippen LogP contribution in [-0.4, -0.2) is 81.8 Å². The van der Waals surface area contributed by atoms with Gasteiger partial charge in [0.1, 0.15) is 24.7 Å². The number of benzene rings is 1. The number of fused-ring (bicyclic) bond motifs is 1. The van der Waals surface area contributed by atoms with Crippen LogP contribution in [0.3, 0.4) is 0 Å². The van der Waals surface area contributed by atoms with Crippen LogP contribution in [0.4, 0.5) is 10.5 Å². The zero-order valence-electron chi connectivity index (χ0n) is 18.1. The molecule has 1 fully saturated rings. The molecule has 0 aromatic heterocycles. The standard InChI is InChI=1S/C21H31N3O6/c1-21(2,3)30-20(26)22-16-12-28-14-23(4)17-11-15(5-6-18(17)29-13-16)19(25)24-7-9-27-10-8-24/h5-6,11,16H,7-10,12-14H2,1-4H3,(H,22,26)/t16-/m1/s1. The van der Waals surface area contributed by atoms with E-state index in [9.17, 15) is 9.59 Å². The van der Waals surface area contributed by atoms with Gasteiger partial charge in [0.15, 0.2) is 0 Å². The summed E-state index contributed by atoms with van der Waals surface area (Å²) in [5, 5.41) is 2.79. The molecule has 9 heteroatoms. The molecule has 1 atom stereocenters. The average Bonchev–Trinajstić information content (AvgIpc) is 2.76. The molecule has 0 saturated carbocycles. The van der Waals surface area contributed by atoms with Crippen molar-refractivity contribution in [3.8, 4) is 5.75 Å². The molecule has 0 spiro atoms. The van der Waals surface area contributed by atoms with Crippen LogP contribution in [0.5, 0.6) is 5.75 Å². The van der Waals surface area contributed by atoms with Crippen molar-refractivity contribution in [2.75, 3.05) is 58.2 Å². The number of carbonyl (C=O) groups excluding carboxylic acids is 2. The van der Waals surface area contributed by atoms with Gasteiger partial charge in [-0.1, -0.05) is 0 Å². The monoisotopic (exact) mass is 421 g/mol. The lowest BCUT2D eigenvalue weighted by atomic mass is 10.1. The van der Waals surface area contributed by atoms with Crippen LogP contribution in [-0.2, 0) is 14.2 Å². The molecule has 0 radical (unpaired) electrons. The van der Waals surface area contributed by atoms with Crippen LogP contribution in [0.2, 0.25) is 0 Å². The number of morpholine rings is 1. The van der Waals surface area contributed by atoms with E-state index in [-0.39, 0.29) is 31.9 Å². The van der Waals surface area contributed by atoms with Gasteiger partial charge in [-0.2, -0.15) is 0 Å². The van der Waals surface area contributed by atoms with Gasteiger partial charge in [-0.05, 0) is 39.0 Å². The number of rotatable bonds is 2. The van der Waals surface area contributed by atoms with Crippen LogP contribution < -0.4 is 15.0 Å². The lowest BCUT2D eigenvalue weighted by Gasteiger charge is -2.27. The summed E-state index contributed by atoms with van der Waals surface area (Å²) in [6.07, 6.45) is -0.515. The summed E-state index contributed by atoms with van der Waals surface area (Å²) >= 11 is 0. The number of amides is 2. The van der Waals surface area contributed by atoms with Crippen LogP contribution in [0.25, 0.3) is 0 Å². The second kappa shape index (κ2) is 9.53. The number of nitrogens with one attached hydrogen (secondary N) is 1. The van der Waals surface area contributed by atoms with Gasteiger partial charge in [0.25, 0.3) is 5.91 Å². The Hall–Kier alpha value is -2.52. The molecular formula is C21H31N3O6. The fraction of sp³-hybridized carbons (Fsp3) is 0.619. The molecule has 0 aliphatic carbocycles. The second-order valence-electron chi connectivity index (χ2n) is 8.44. The molecule has 166 valence electrons. The molecule has 1 saturated heterocycles. The van der Waals surface area contributed by atoms with Gasteiger partial charge >= 0.3 is 6.09 Å². The van der Waals surface area contributed by atoms with Crippen molar-refractivity contribution in [1.82, 2.24) is 10.2 Å². The SMILES string of the molecule is CN1COC[C@@H](NC(=O)OC(C)(C)C)COc2ccc(C(=O)N3CCOCC3)cc21. The van der Waals surface area contributed by atoms with Gasteiger partial charge in [-0.3, -0.25) is 4.79 Å². The lowest BCUT2D eigenvalue weighted by Crippen LogP contribution is -2.44. The number of carbonyl (C=O) groups is 2. The largest absolute Gasteiger partial charge is 0.489 e. The Morgan fingerprint density at radius 2 is 1.87 bits per heavy atom. The Morgan fingerprint density at radius 1 is 1.13 bits per heavy atom. The minimum atomic E-state index is -0.583. The molecule has 2 amide bonds. The minimum Gasteiger partial charge on any atom is -0.489 e. The molecule has 30 heavy (non-hydrogen) atoms. The maximum absolute atomic E-state index is 12.8. The molecule has 0 unspecified atom stereocenters. The zero-order chi connectivity index (χ0) is 21.7. The first kappa shape index (κ1) is 22.2. The highest BCUT2D eigenvalue weighted by molar-refractivity contribution is 5.95. The molecule has 0 bridgehead atoms. The van der Waals surface area contributed by atoms with Gasteiger partial charge in [0.2, 0.25) is 0 Å². The zero-order valence-corrected chi connectivity index (χ0v) is 18.1. The summed E-state index contributed by atoms with van der Waals surface area (Å²) in [7, 11) is 1.87. The van der Waals surface area contributed by atoms with E-state index in [2.05, 4.69) is 5.32 Å². The van der Waals surface area contributed by atoms with Crippen molar-refractivity contribution in [3.05, 3.63) is 23.8 Å². The van der Waals surface area contributed by atoms with Gasteiger partial charge in [-0.25, -0.2) is 4.79 Å². The molecule has 3 rings (SSSR count). The summed E-state index contributed by atoms with van der Waals surface area (Å²) in [6, 6.07) is 5.00. The fourth-order valence-electron chi connectivity index (χ4n) is 3.22. The quantitative estimate of drug-likeness (QED) is 0.780. The maximum Gasteiger partial charge on any atom is 0.408 e. The normalized spacial score (nSPS) is 20.2. The van der Waals surface area contributed by atoms with Crippen molar-refractivity contribution in [2.24, 2.45) is 0 Å². The second-order valence-corrected chi connectivity index (χ2v) is 8.44. The van der Waals surface area contributed by atoms with Gasteiger partial charge in [0, 0.05) is 25.7 Å². The summed E-state index contributed by atoms with van der Waals surface area (Å²) < 4.78 is 22.3. The first-order valence-electron chi connectivity index (χ1n) is 10.2. The number of ether oxygens (including phenoxy) is 4. The van der Waals surface area contributed by atoms with Crippen molar-refractivity contribution in [1.29, 1.82) is 0 Å². The highest BCUT2D eigenvalue weighted by Crippen LogP contribution is 2.30. The first-order valence-corrected chi connectivity index (χ1v) is 10.2. The minimum absolute atomic E-state index is 0.0280. The highest BCUT2D eigenvalue weighted by Gasteiger charge is 2.24. The average molecular weight is 421 g/mol. The van der Waals surface area contributed by atoms with E-state index < -0.39 is 11.7 Å². The molecular weight excluding hydrogens is 390 g/mol. The molecule has 1 aromatic rings. The Balaban J connectivity index is 1.70. The summed E-state index contributed by atoms with van der Waals surface area (Å²) in [5.74, 6) is 0.595. The smallest absolute Gasteiger partial charge is 0.408 e. The number of hydrogen-bond donors (Lipinski definition) is 1. The van der Waals surface area contributed by atoms with E-state index in [4.69, 9.17) is 18.9 Å². The van der Waals surface area contributed by atoms with Crippen molar-refractivity contribution < 1.29 is 28.5 Å². The van der Waals surface area contributed by atoms with Crippen molar-refractivity contribution >= 4 is 17.7 Å². The van der Waals surface area contributed by atoms with E-state index in [1.165, 1.54) is 0 Å². The molecule has 1 N–H and O–H groups in total. The molecule has 9 nitrogen and oxygen atoms in total. The summed E-state index contributed by atoms with van der Waals surface area (Å²) in [4.78, 5) is 28.6. The highest BCUT2D eigenvalue weighted by atomic mass is 16.6. The Bertz CT molecular complexity index is 758. The Morgan fingerprint density at radius 3 is 2.57 bits per heavy atom. The van der Waals surface area contributed by atoms with Gasteiger partial charge < -0.3 is 34.1 Å². The van der Waals surface area contributed by atoms with Gasteiger partial charge in [0.05, 0.1) is 31.5 Å². The van der Waals surface area contributed by atoms with E-state index in [0.717, 1.165) is 5.69 Å². The summed E-state index contributed by atoms with van der Waals surface area (Å²) in [5.41, 5.74) is 0.765. The summed E-state index contributed by atoms with van der Waals surface area (Å²) in [6.45, 7) is 8.50. The van der Waals surface area contributed by atoms with E-state index in [1.807, 2.05) is 38.8 Å². The molecule has 2 heterocycles. The van der Waals surface area contributed by atoms with E-state index in [0.29, 0.717) is 37.6 Å². The van der Waals surface area contributed by atoms with Crippen LogP contribution in [0.1, 0.15) is 31.1 Å². The topological polar surface area (TPSA) is 89.6 Å². The third-order valence-corrected chi connectivity index (χ3v) is 4.68. The van der Waals surface area contributed by atoms with Crippen molar-refractivity contribution in [2.45, 2.75) is 32.4 Å². The molecule has 2 aliphatic heterocycles. The predicted molar refractivity (Wildman–Crippen MR) is 111 cm³/mol. The number of anilines is 1. The Kier molecular flexibility index (Phi) is 7.04. The molecule has 2 aliphatic rings. The first-order chi connectivity index (χ1) is 14.2. The third kappa shape index (κ3) is 5.99. The van der Waals surface area contributed by atoms with Crippen LogP contribution in [0, 0.1) is 0 Å². The third-order valence-electron chi connectivity index (χ3n) is 4.68. The van der Waals surface area contributed by atoms with E-state index in [1.54, 1.807) is 17.0 Å². The van der Waals surface area contributed by atoms with E-state index >= 15 is 0 Å².